The van der Waals surface area contributed by atoms with Crippen LogP contribution in [-0.2, 0) is 24.2 Å². The maximum atomic E-state index is 12.1. The van der Waals surface area contributed by atoms with Crippen LogP contribution in [0.1, 0.15) is 18.3 Å². The van der Waals surface area contributed by atoms with Gasteiger partial charge >= 0.3 is 0 Å². The number of carbonyl (C=O) groups is 1. The maximum absolute atomic E-state index is 12.1. The number of para-hydroxylation sites is 1. The fourth-order valence-corrected chi connectivity index (χ4v) is 3.50. The molecule has 0 aliphatic carbocycles. The van der Waals surface area contributed by atoms with Crippen LogP contribution >= 0.6 is 11.8 Å². The topological polar surface area (TPSA) is 59.8 Å². The van der Waals surface area contributed by atoms with E-state index >= 15 is 0 Å². The van der Waals surface area contributed by atoms with Gasteiger partial charge in [-0.25, -0.2) is 0 Å². The SMILES string of the molecule is CCn1c(CCc2ccccc2)nnc1SCC(=O)Nc1ccccc1. The maximum Gasteiger partial charge on any atom is 0.234 e. The summed E-state index contributed by atoms with van der Waals surface area (Å²) in [6.45, 7) is 2.86. The molecule has 1 aromatic heterocycles. The van der Waals surface area contributed by atoms with E-state index in [1.54, 1.807) is 0 Å². The molecule has 2 aromatic carbocycles. The lowest BCUT2D eigenvalue weighted by atomic mass is 10.1. The van der Waals surface area contributed by atoms with E-state index in [0.717, 1.165) is 36.1 Å². The number of aromatic nitrogens is 3. The predicted octanol–water partition coefficient (Wildman–Crippen LogP) is 3.81. The van der Waals surface area contributed by atoms with Gasteiger partial charge in [0.25, 0.3) is 0 Å². The molecule has 0 aliphatic rings. The summed E-state index contributed by atoms with van der Waals surface area (Å²) in [7, 11) is 0. The number of aryl methyl sites for hydroxylation is 2. The van der Waals surface area contributed by atoms with Crippen molar-refractivity contribution in [1.29, 1.82) is 0 Å². The first-order valence-electron chi connectivity index (χ1n) is 8.70. The Morgan fingerprint density at radius 2 is 1.69 bits per heavy atom. The molecular weight excluding hydrogens is 344 g/mol. The van der Waals surface area contributed by atoms with Gasteiger partial charge in [-0.1, -0.05) is 60.3 Å². The molecule has 0 atom stereocenters. The fourth-order valence-electron chi connectivity index (χ4n) is 2.68. The number of hydrogen-bond acceptors (Lipinski definition) is 4. The van der Waals surface area contributed by atoms with Crippen LogP contribution in [0.2, 0.25) is 0 Å². The van der Waals surface area contributed by atoms with Gasteiger partial charge in [-0.15, -0.1) is 10.2 Å². The van der Waals surface area contributed by atoms with Crippen LogP contribution in [0, 0.1) is 0 Å². The summed E-state index contributed by atoms with van der Waals surface area (Å²) in [5.74, 6) is 1.23. The summed E-state index contributed by atoms with van der Waals surface area (Å²) in [6.07, 6.45) is 1.76. The van der Waals surface area contributed by atoms with Crippen molar-refractivity contribution in [3.8, 4) is 0 Å². The van der Waals surface area contributed by atoms with Crippen LogP contribution in [0.4, 0.5) is 5.69 Å². The Labute approximate surface area is 157 Å². The standard InChI is InChI=1S/C20H22N4OS/c1-2-24-18(14-13-16-9-5-3-6-10-16)22-23-20(24)26-15-19(25)21-17-11-7-4-8-12-17/h3-12H,2,13-15H2,1H3,(H,21,25). The zero-order valence-electron chi connectivity index (χ0n) is 14.8. The molecule has 5 nitrogen and oxygen atoms in total. The van der Waals surface area contributed by atoms with E-state index in [1.165, 1.54) is 17.3 Å². The molecule has 3 rings (SSSR count). The average Bonchev–Trinajstić information content (AvgIpc) is 3.08. The van der Waals surface area contributed by atoms with E-state index in [1.807, 2.05) is 48.5 Å². The summed E-state index contributed by atoms with van der Waals surface area (Å²) in [6, 6.07) is 19.8. The van der Waals surface area contributed by atoms with Crippen molar-refractivity contribution < 1.29 is 4.79 Å². The number of nitrogens with one attached hydrogen (secondary N) is 1. The normalized spacial score (nSPS) is 10.7. The molecule has 0 saturated carbocycles. The van der Waals surface area contributed by atoms with Gasteiger partial charge in [-0.2, -0.15) is 0 Å². The van der Waals surface area contributed by atoms with Gasteiger partial charge in [0.2, 0.25) is 5.91 Å². The molecular formula is C20H22N4OS. The second-order valence-electron chi connectivity index (χ2n) is 5.83. The number of rotatable bonds is 8. The van der Waals surface area contributed by atoms with Gasteiger partial charge < -0.3 is 9.88 Å². The number of thioether (sulfide) groups is 1. The number of amides is 1. The molecule has 134 valence electrons. The number of hydrogen-bond donors (Lipinski definition) is 1. The molecule has 0 radical (unpaired) electrons. The van der Waals surface area contributed by atoms with E-state index in [-0.39, 0.29) is 5.91 Å². The highest BCUT2D eigenvalue weighted by molar-refractivity contribution is 7.99. The minimum absolute atomic E-state index is 0.0438. The molecule has 0 bridgehead atoms. The lowest BCUT2D eigenvalue weighted by molar-refractivity contribution is -0.113. The monoisotopic (exact) mass is 366 g/mol. The number of benzene rings is 2. The molecule has 0 aliphatic heterocycles. The fraction of sp³-hybridized carbons (Fsp3) is 0.250. The van der Waals surface area contributed by atoms with Crippen LogP contribution in [0.15, 0.2) is 65.8 Å². The highest BCUT2D eigenvalue weighted by atomic mass is 32.2. The number of anilines is 1. The quantitative estimate of drug-likeness (QED) is 0.616. The van der Waals surface area contributed by atoms with Crippen molar-refractivity contribution in [2.45, 2.75) is 31.5 Å². The van der Waals surface area contributed by atoms with E-state index < -0.39 is 0 Å². The molecule has 6 heteroatoms. The van der Waals surface area contributed by atoms with Crippen molar-refractivity contribution in [1.82, 2.24) is 14.8 Å². The molecule has 0 fully saturated rings. The van der Waals surface area contributed by atoms with Crippen LogP contribution in [0.5, 0.6) is 0 Å². The van der Waals surface area contributed by atoms with Gasteiger partial charge in [-0.3, -0.25) is 4.79 Å². The second-order valence-corrected chi connectivity index (χ2v) is 6.77. The van der Waals surface area contributed by atoms with Crippen molar-refractivity contribution >= 4 is 23.4 Å². The first-order chi connectivity index (χ1) is 12.8. The van der Waals surface area contributed by atoms with E-state index in [0.29, 0.717) is 5.75 Å². The van der Waals surface area contributed by atoms with E-state index in [2.05, 4.69) is 39.1 Å². The Hall–Kier alpha value is -2.60. The van der Waals surface area contributed by atoms with Crippen LogP contribution in [-0.4, -0.2) is 26.4 Å². The zero-order valence-corrected chi connectivity index (χ0v) is 15.6. The Balaban J connectivity index is 1.56. The summed E-state index contributed by atoms with van der Waals surface area (Å²) < 4.78 is 2.09. The third-order valence-corrected chi connectivity index (χ3v) is 4.95. The smallest absolute Gasteiger partial charge is 0.234 e. The summed E-state index contributed by atoms with van der Waals surface area (Å²) in [5.41, 5.74) is 2.09. The van der Waals surface area contributed by atoms with Crippen molar-refractivity contribution in [3.63, 3.8) is 0 Å². The van der Waals surface area contributed by atoms with Crippen LogP contribution < -0.4 is 5.32 Å². The molecule has 3 aromatic rings. The molecule has 0 spiro atoms. The first-order valence-corrected chi connectivity index (χ1v) is 9.68. The molecule has 1 N–H and O–H groups in total. The minimum Gasteiger partial charge on any atom is -0.325 e. The van der Waals surface area contributed by atoms with Gasteiger partial charge in [0, 0.05) is 18.7 Å². The Bertz CT molecular complexity index is 834. The van der Waals surface area contributed by atoms with Crippen molar-refractivity contribution in [3.05, 3.63) is 72.1 Å². The highest BCUT2D eigenvalue weighted by Crippen LogP contribution is 2.18. The highest BCUT2D eigenvalue weighted by Gasteiger charge is 2.13. The zero-order chi connectivity index (χ0) is 18.2. The molecule has 26 heavy (non-hydrogen) atoms. The van der Waals surface area contributed by atoms with E-state index in [4.69, 9.17) is 0 Å². The second kappa shape index (κ2) is 9.20. The van der Waals surface area contributed by atoms with Gasteiger partial charge in [0.05, 0.1) is 5.75 Å². The lowest BCUT2D eigenvalue weighted by Crippen LogP contribution is -2.14. The van der Waals surface area contributed by atoms with Gasteiger partial charge in [0.1, 0.15) is 5.82 Å². The van der Waals surface area contributed by atoms with E-state index in [9.17, 15) is 4.79 Å². The minimum atomic E-state index is -0.0438. The molecule has 0 saturated heterocycles. The predicted molar refractivity (Wildman–Crippen MR) is 105 cm³/mol. The molecule has 0 unspecified atom stereocenters. The van der Waals surface area contributed by atoms with Gasteiger partial charge in [-0.05, 0) is 31.0 Å². The molecule has 1 heterocycles. The summed E-state index contributed by atoms with van der Waals surface area (Å²) >= 11 is 1.42. The number of carbonyl (C=O) groups excluding carboxylic acids is 1. The third-order valence-electron chi connectivity index (χ3n) is 3.98. The van der Waals surface area contributed by atoms with Crippen molar-refractivity contribution in [2.75, 3.05) is 11.1 Å². The Morgan fingerprint density at radius 3 is 2.38 bits per heavy atom. The Kier molecular flexibility index (Phi) is 6.44. The Morgan fingerprint density at radius 1 is 1.00 bits per heavy atom. The van der Waals surface area contributed by atoms with Crippen LogP contribution in [0.25, 0.3) is 0 Å². The van der Waals surface area contributed by atoms with Crippen molar-refractivity contribution in [2.24, 2.45) is 0 Å². The average molecular weight is 366 g/mol. The first kappa shape index (κ1) is 18.2. The third kappa shape index (κ3) is 4.95. The summed E-state index contributed by atoms with van der Waals surface area (Å²) in [5, 5.41) is 12.3. The van der Waals surface area contributed by atoms with Crippen LogP contribution in [0.3, 0.4) is 0 Å². The lowest BCUT2D eigenvalue weighted by Gasteiger charge is -2.08. The summed E-state index contributed by atoms with van der Waals surface area (Å²) in [4.78, 5) is 12.1. The molecule has 1 amide bonds. The number of nitrogens with zero attached hydrogens (tertiary/aromatic N) is 3. The largest absolute Gasteiger partial charge is 0.325 e. The van der Waals surface area contributed by atoms with Gasteiger partial charge in [0.15, 0.2) is 5.16 Å².